The van der Waals surface area contributed by atoms with Crippen molar-refractivity contribution in [2.45, 2.75) is 27.7 Å². The zero-order chi connectivity index (χ0) is 13.3. The lowest BCUT2D eigenvalue weighted by Gasteiger charge is -2.05. The van der Waals surface area contributed by atoms with Crippen LogP contribution in [0.2, 0.25) is 0 Å². The van der Waals surface area contributed by atoms with Crippen LogP contribution in [0.25, 0.3) is 5.82 Å². The largest absolute Gasteiger partial charge is 0.360 e. The zero-order valence-corrected chi connectivity index (χ0v) is 11.1. The van der Waals surface area contributed by atoms with Gasteiger partial charge in [-0.3, -0.25) is 9.36 Å². The number of aromatic nitrogens is 2. The Morgan fingerprint density at radius 3 is 2.67 bits per heavy atom. The van der Waals surface area contributed by atoms with Crippen LogP contribution in [-0.2, 0) is 0 Å². The van der Waals surface area contributed by atoms with E-state index >= 15 is 0 Å². The van der Waals surface area contributed by atoms with E-state index in [1.165, 1.54) is 0 Å². The molecule has 18 heavy (non-hydrogen) atoms. The molecule has 0 saturated carbocycles. The molecule has 2 aromatic heterocycles. The number of aryl methyl sites for hydroxylation is 2. The van der Waals surface area contributed by atoms with Gasteiger partial charge in [0.1, 0.15) is 5.76 Å². The van der Waals surface area contributed by atoms with Crippen LogP contribution in [0.5, 0.6) is 0 Å². The van der Waals surface area contributed by atoms with Gasteiger partial charge in [-0.25, -0.2) is 0 Å². The Bertz CT molecular complexity index is 581. The van der Waals surface area contributed by atoms with Crippen LogP contribution in [-0.4, -0.2) is 22.2 Å². The number of amides is 1. The van der Waals surface area contributed by atoms with Crippen LogP contribution in [0.3, 0.4) is 0 Å². The second-order valence-electron chi connectivity index (χ2n) is 4.28. The van der Waals surface area contributed by atoms with E-state index < -0.39 is 0 Å². The first-order valence-electron chi connectivity index (χ1n) is 5.95. The number of carbonyl (C=O) groups is 1. The minimum atomic E-state index is -0.0583. The fraction of sp³-hybridized carbons (Fsp3) is 0.385. The summed E-state index contributed by atoms with van der Waals surface area (Å²) >= 11 is 0. The van der Waals surface area contributed by atoms with Gasteiger partial charge >= 0.3 is 0 Å². The van der Waals surface area contributed by atoms with Crippen molar-refractivity contribution in [3.63, 3.8) is 0 Å². The molecular weight excluding hydrogens is 230 g/mol. The zero-order valence-electron chi connectivity index (χ0n) is 11.1. The quantitative estimate of drug-likeness (QED) is 0.904. The Morgan fingerprint density at radius 1 is 1.39 bits per heavy atom. The molecule has 0 atom stereocenters. The van der Waals surface area contributed by atoms with Crippen molar-refractivity contribution in [2.75, 3.05) is 6.54 Å². The maximum atomic E-state index is 11.9. The van der Waals surface area contributed by atoms with E-state index in [1.807, 2.05) is 44.4 Å². The maximum Gasteiger partial charge on any atom is 0.253 e. The van der Waals surface area contributed by atoms with E-state index in [9.17, 15) is 4.79 Å². The molecule has 0 bridgehead atoms. The summed E-state index contributed by atoms with van der Waals surface area (Å²) < 4.78 is 6.99. The third kappa shape index (κ3) is 2.03. The SMILES string of the molecule is CCNC(=O)c1cc(C)n(-c2cc(C)on2)c1C. The highest BCUT2D eigenvalue weighted by atomic mass is 16.5. The Labute approximate surface area is 106 Å². The topological polar surface area (TPSA) is 60.1 Å². The van der Waals surface area contributed by atoms with Crippen molar-refractivity contribution in [1.29, 1.82) is 0 Å². The molecule has 5 heteroatoms. The van der Waals surface area contributed by atoms with Gasteiger partial charge in [-0.1, -0.05) is 5.16 Å². The molecule has 2 rings (SSSR count). The number of hydrogen-bond donors (Lipinski definition) is 1. The van der Waals surface area contributed by atoms with Crippen LogP contribution in [0.4, 0.5) is 0 Å². The van der Waals surface area contributed by atoms with Gasteiger partial charge in [0.2, 0.25) is 0 Å². The van der Waals surface area contributed by atoms with Gasteiger partial charge in [-0.05, 0) is 33.8 Å². The molecule has 5 nitrogen and oxygen atoms in total. The predicted octanol–water partition coefficient (Wildman–Crippen LogP) is 2.14. The van der Waals surface area contributed by atoms with Crippen molar-refractivity contribution in [1.82, 2.24) is 15.0 Å². The van der Waals surface area contributed by atoms with Crippen molar-refractivity contribution in [3.8, 4) is 5.82 Å². The first-order chi connectivity index (χ1) is 8.54. The maximum absolute atomic E-state index is 11.9. The van der Waals surface area contributed by atoms with Crippen molar-refractivity contribution >= 4 is 5.91 Å². The van der Waals surface area contributed by atoms with Crippen LogP contribution < -0.4 is 5.32 Å². The van der Waals surface area contributed by atoms with E-state index in [2.05, 4.69) is 10.5 Å². The molecule has 0 aliphatic heterocycles. The van der Waals surface area contributed by atoms with Crippen LogP contribution in [0.15, 0.2) is 16.7 Å². The predicted molar refractivity (Wildman–Crippen MR) is 68.0 cm³/mol. The Morgan fingerprint density at radius 2 is 2.11 bits per heavy atom. The molecule has 1 amide bonds. The summed E-state index contributed by atoms with van der Waals surface area (Å²) in [5, 5.41) is 6.79. The third-order valence-electron chi connectivity index (χ3n) is 2.86. The van der Waals surface area contributed by atoms with Gasteiger partial charge in [0.15, 0.2) is 5.82 Å². The van der Waals surface area contributed by atoms with Crippen molar-refractivity contribution in [3.05, 3.63) is 34.8 Å². The average molecular weight is 247 g/mol. The van der Waals surface area contributed by atoms with Crippen LogP contribution in [0.1, 0.15) is 34.4 Å². The number of carbonyl (C=O) groups excluding carboxylic acids is 1. The Balaban J connectivity index is 2.47. The second-order valence-corrected chi connectivity index (χ2v) is 4.28. The molecule has 0 aliphatic carbocycles. The fourth-order valence-corrected chi connectivity index (χ4v) is 2.06. The molecular formula is C13H17N3O2. The highest BCUT2D eigenvalue weighted by Gasteiger charge is 2.17. The highest BCUT2D eigenvalue weighted by molar-refractivity contribution is 5.95. The van der Waals surface area contributed by atoms with E-state index in [-0.39, 0.29) is 5.91 Å². The highest BCUT2D eigenvalue weighted by Crippen LogP contribution is 2.20. The summed E-state index contributed by atoms with van der Waals surface area (Å²) in [6.07, 6.45) is 0. The molecule has 2 heterocycles. The standard InChI is InChI=1S/C13H17N3O2/c1-5-14-13(17)11-6-8(2)16(10(11)4)12-7-9(3)18-15-12/h6-7H,5H2,1-4H3,(H,14,17). The lowest BCUT2D eigenvalue weighted by Crippen LogP contribution is -2.23. The molecule has 0 unspecified atom stereocenters. The minimum Gasteiger partial charge on any atom is -0.360 e. The summed E-state index contributed by atoms with van der Waals surface area (Å²) in [5.41, 5.74) is 2.50. The van der Waals surface area contributed by atoms with Gasteiger partial charge in [-0.2, -0.15) is 0 Å². The molecule has 0 aromatic carbocycles. The fourth-order valence-electron chi connectivity index (χ4n) is 2.06. The van der Waals surface area contributed by atoms with E-state index in [0.29, 0.717) is 17.9 Å². The molecule has 0 spiro atoms. The smallest absolute Gasteiger partial charge is 0.253 e. The van der Waals surface area contributed by atoms with E-state index in [1.54, 1.807) is 0 Å². The van der Waals surface area contributed by atoms with E-state index in [4.69, 9.17) is 4.52 Å². The Hall–Kier alpha value is -2.04. The number of nitrogens with one attached hydrogen (secondary N) is 1. The second kappa shape index (κ2) is 4.68. The number of rotatable bonds is 3. The van der Waals surface area contributed by atoms with Gasteiger partial charge < -0.3 is 9.84 Å². The minimum absolute atomic E-state index is 0.0583. The Kier molecular flexibility index (Phi) is 3.23. The van der Waals surface area contributed by atoms with Gasteiger partial charge in [-0.15, -0.1) is 0 Å². The summed E-state index contributed by atoms with van der Waals surface area (Å²) in [4.78, 5) is 11.9. The van der Waals surface area contributed by atoms with Crippen molar-refractivity contribution in [2.24, 2.45) is 0 Å². The first kappa shape index (κ1) is 12.4. The number of hydrogen-bond acceptors (Lipinski definition) is 3. The van der Waals surface area contributed by atoms with E-state index in [0.717, 1.165) is 17.1 Å². The molecule has 2 aromatic rings. The monoisotopic (exact) mass is 247 g/mol. The molecule has 96 valence electrons. The molecule has 0 aliphatic rings. The normalized spacial score (nSPS) is 10.7. The lowest BCUT2D eigenvalue weighted by atomic mass is 10.2. The first-order valence-corrected chi connectivity index (χ1v) is 5.95. The third-order valence-corrected chi connectivity index (χ3v) is 2.86. The molecule has 0 fully saturated rings. The van der Waals surface area contributed by atoms with Gasteiger partial charge in [0.25, 0.3) is 5.91 Å². The summed E-state index contributed by atoms with van der Waals surface area (Å²) in [5.74, 6) is 1.40. The summed E-state index contributed by atoms with van der Waals surface area (Å²) in [7, 11) is 0. The van der Waals surface area contributed by atoms with Crippen LogP contribution >= 0.6 is 0 Å². The molecule has 0 radical (unpaired) electrons. The molecule has 0 saturated heterocycles. The van der Waals surface area contributed by atoms with Crippen LogP contribution in [0, 0.1) is 20.8 Å². The molecule has 1 N–H and O–H groups in total. The van der Waals surface area contributed by atoms with Gasteiger partial charge in [0, 0.05) is 24.0 Å². The average Bonchev–Trinajstić information content (AvgIpc) is 2.83. The van der Waals surface area contributed by atoms with Crippen molar-refractivity contribution < 1.29 is 9.32 Å². The lowest BCUT2D eigenvalue weighted by molar-refractivity contribution is 0.0955. The number of nitrogens with zero attached hydrogens (tertiary/aromatic N) is 2. The van der Waals surface area contributed by atoms with Gasteiger partial charge in [0.05, 0.1) is 5.56 Å². The summed E-state index contributed by atoms with van der Waals surface area (Å²) in [6.45, 7) is 8.21. The summed E-state index contributed by atoms with van der Waals surface area (Å²) in [6, 6.07) is 3.71.